The number of nitrogens with two attached hydrogens (primary N) is 1. The Morgan fingerprint density at radius 1 is 0.966 bits per heavy atom. The lowest BCUT2D eigenvalue weighted by Crippen LogP contribution is -2.17. The molecule has 0 atom stereocenters. The molecule has 0 saturated heterocycles. The van der Waals surface area contributed by atoms with Gasteiger partial charge in [0.1, 0.15) is 5.69 Å². The summed E-state index contributed by atoms with van der Waals surface area (Å²) in [5.74, 6) is -1.58. The van der Waals surface area contributed by atoms with E-state index in [1.54, 1.807) is 50.2 Å². The minimum absolute atomic E-state index is 0.111. The van der Waals surface area contributed by atoms with Gasteiger partial charge in [-0.2, -0.15) is 0 Å². The third-order valence-electron chi connectivity index (χ3n) is 4.40. The Kier molecular flexibility index (Phi) is 5.86. The number of primary amides is 1. The molecule has 0 unspecified atom stereocenters. The van der Waals surface area contributed by atoms with Gasteiger partial charge in [-0.3, -0.25) is 14.6 Å². The summed E-state index contributed by atoms with van der Waals surface area (Å²) >= 11 is 12.9. The second-order valence-corrected chi connectivity index (χ2v) is 7.35. The van der Waals surface area contributed by atoms with Crippen LogP contribution in [0.15, 0.2) is 36.4 Å². The van der Waals surface area contributed by atoms with Gasteiger partial charge >= 0.3 is 5.97 Å². The zero-order valence-electron chi connectivity index (χ0n) is 15.7. The van der Waals surface area contributed by atoms with Crippen LogP contribution in [0, 0.1) is 13.8 Å². The van der Waals surface area contributed by atoms with E-state index in [9.17, 15) is 9.59 Å². The van der Waals surface area contributed by atoms with Crippen LogP contribution in [0.3, 0.4) is 0 Å². The van der Waals surface area contributed by atoms with Crippen LogP contribution in [0.4, 0.5) is 0 Å². The summed E-state index contributed by atoms with van der Waals surface area (Å²) in [4.78, 5) is 31.2. The number of carbonyl (C=O) groups excluding carboxylic acids is 1. The van der Waals surface area contributed by atoms with Gasteiger partial charge in [-0.25, -0.2) is 4.98 Å². The fraction of sp³-hybridized carbons (Fsp3) is 0.143. The van der Waals surface area contributed by atoms with Gasteiger partial charge in [-0.15, -0.1) is 0 Å². The molecule has 29 heavy (non-hydrogen) atoms. The maximum atomic E-state index is 11.6. The molecule has 0 fully saturated rings. The topological polar surface area (TPSA) is 106 Å². The first-order valence-electron chi connectivity index (χ1n) is 8.63. The number of halogens is 2. The SMILES string of the molecule is Cc1nc(C)c(-c2ccc(-c3ccc(CC(=O)O)cc3Cl)c(Cl)c2)nc1C(N)=O. The van der Waals surface area contributed by atoms with Crippen LogP contribution >= 0.6 is 23.2 Å². The molecule has 6 nitrogen and oxygen atoms in total. The smallest absolute Gasteiger partial charge is 0.307 e. The van der Waals surface area contributed by atoms with Crippen molar-refractivity contribution in [1.82, 2.24) is 9.97 Å². The number of nitrogens with zero attached hydrogens (tertiary/aromatic N) is 2. The van der Waals surface area contributed by atoms with Gasteiger partial charge in [0.25, 0.3) is 5.91 Å². The number of carbonyl (C=O) groups is 2. The zero-order valence-corrected chi connectivity index (χ0v) is 17.2. The van der Waals surface area contributed by atoms with Gasteiger partial charge in [0, 0.05) is 26.7 Å². The lowest BCUT2D eigenvalue weighted by molar-refractivity contribution is -0.136. The van der Waals surface area contributed by atoms with Crippen molar-refractivity contribution in [2.75, 3.05) is 0 Å². The highest BCUT2D eigenvalue weighted by atomic mass is 35.5. The molecule has 3 aromatic rings. The van der Waals surface area contributed by atoms with Crippen molar-refractivity contribution < 1.29 is 14.7 Å². The molecular formula is C21H17Cl2N3O3. The number of hydrogen-bond donors (Lipinski definition) is 2. The van der Waals surface area contributed by atoms with Crippen molar-refractivity contribution in [3.8, 4) is 22.4 Å². The van der Waals surface area contributed by atoms with E-state index in [0.29, 0.717) is 49.4 Å². The quantitative estimate of drug-likeness (QED) is 0.622. The van der Waals surface area contributed by atoms with E-state index in [1.807, 2.05) is 0 Å². The van der Waals surface area contributed by atoms with E-state index >= 15 is 0 Å². The number of rotatable bonds is 5. The van der Waals surface area contributed by atoms with E-state index in [0.717, 1.165) is 0 Å². The first kappa shape index (κ1) is 20.8. The molecule has 0 bridgehead atoms. The number of carboxylic acid groups (broad SMARTS) is 1. The standard InChI is InChI=1S/C21H17Cl2N3O3/c1-10-19(26-20(21(24)29)11(2)25-10)13-4-6-15(17(23)9-13)14-5-3-12(7-16(14)22)8-18(27)28/h3-7,9H,8H2,1-2H3,(H2,24,29)(H,27,28). The van der Waals surface area contributed by atoms with E-state index in [-0.39, 0.29) is 12.1 Å². The summed E-state index contributed by atoms with van der Waals surface area (Å²) in [6, 6.07) is 10.4. The van der Waals surface area contributed by atoms with Gasteiger partial charge in [-0.1, -0.05) is 47.5 Å². The van der Waals surface area contributed by atoms with Gasteiger partial charge in [-0.05, 0) is 31.5 Å². The highest BCUT2D eigenvalue weighted by Crippen LogP contribution is 2.36. The number of aliphatic carboxylic acids is 1. The van der Waals surface area contributed by atoms with E-state index < -0.39 is 11.9 Å². The predicted octanol–water partition coefficient (Wildman–Crippen LogP) is 4.46. The second-order valence-electron chi connectivity index (χ2n) is 6.54. The first-order valence-corrected chi connectivity index (χ1v) is 9.38. The molecular weight excluding hydrogens is 413 g/mol. The lowest BCUT2D eigenvalue weighted by Gasteiger charge is -2.12. The average molecular weight is 430 g/mol. The summed E-state index contributed by atoms with van der Waals surface area (Å²) in [6.45, 7) is 3.47. The third-order valence-corrected chi connectivity index (χ3v) is 5.02. The molecule has 3 rings (SSSR count). The molecule has 0 saturated carbocycles. The van der Waals surface area contributed by atoms with Crippen molar-refractivity contribution in [3.05, 3.63) is 69.1 Å². The largest absolute Gasteiger partial charge is 0.481 e. The molecule has 0 aliphatic carbocycles. The van der Waals surface area contributed by atoms with Crippen LogP contribution in [0.5, 0.6) is 0 Å². The molecule has 0 radical (unpaired) electrons. The van der Waals surface area contributed by atoms with Crippen LogP contribution < -0.4 is 5.73 Å². The molecule has 1 amide bonds. The Morgan fingerprint density at radius 3 is 2.14 bits per heavy atom. The molecule has 3 N–H and O–H groups in total. The molecule has 0 aliphatic heterocycles. The fourth-order valence-corrected chi connectivity index (χ4v) is 3.67. The summed E-state index contributed by atoms with van der Waals surface area (Å²) < 4.78 is 0. The zero-order chi connectivity index (χ0) is 21.3. The van der Waals surface area contributed by atoms with Crippen LogP contribution in [0.25, 0.3) is 22.4 Å². The van der Waals surface area contributed by atoms with Crippen LogP contribution in [-0.4, -0.2) is 27.0 Å². The molecule has 148 valence electrons. The monoisotopic (exact) mass is 429 g/mol. The Labute approximate surface area is 177 Å². The molecule has 8 heteroatoms. The second kappa shape index (κ2) is 8.19. The molecule has 0 spiro atoms. The summed E-state index contributed by atoms with van der Waals surface area (Å²) in [5.41, 5.74) is 9.78. The van der Waals surface area contributed by atoms with E-state index in [4.69, 9.17) is 34.0 Å². The Bertz CT molecular complexity index is 1150. The highest BCUT2D eigenvalue weighted by molar-refractivity contribution is 6.36. The van der Waals surface area contributed by atoms with Crippen molar-refractivity contribution in [2.45, 2.75) is 20.3 Å². The summed E-state index contributed by atoms with van der Waals surface area (Å²) in [6.07, 6.45) is -0.111. The van der Waals surface area contributed by atoms with Crippen molar-refractivity contribution >= 4 is 35.1 Å². The Hall–Kier alpha value is -2.96. The van der Waals surface area contributed by atoms with Gasteiger partial charge < -0.3 is 10.8 Å². The minimum atomic E-state index is -0.930. The highest BCUT2D eigenvalue weighted by Gasteiger charge is 2.16. The van der Waals surface area contributed by atoms with E-state index in [1.165, 1.54) is 0 Å². The Balaban J connectivity index is 2.03. The van der Waals surface area contributed by atoms with Gasteiger partial charge in [0.15, 0.2) is 0 Å². The van der Waals surface area contributed by atoms with Gasteiger partial charge in [0.05, 0.1) is 23.5 Å². The Morgan fingerprint density at radius 2 is 1.59 bits per heavy atom. The average Bonchev–Trinajstić information content (AvgIpc) is 2.61. The summed E-state index contributed by atoms with van der Waals surface area (Å²) in [5, 5.41) is 9.75. The minimum Gasteiger partial charge on any atom is -0.481 e. The number of amides is 1. The predicted molar refractivity (Wildman–Crippen MR) is 112 cm³/mol. The number of carboxylic acids is 1. The van der Waals surface area contributed by atoms with Crippen LogP contribution in [-0.2, 0) is 11.2 Å². The third kappa shape index (κ3) is 4.39. The van der Waals surface area contributed by atoms with Crippen molar-refractivity contribution in [3.63, 3.8) is 0 Å². The fourth-order valence-electron chi connectivity index (χ4n) is 3.08. The normalized spacial score (nSPS) is 10.8. The van der Waals surface area contributed by atoms with Crippen LogP contribution in [0.1, 0.15) is 27.4 Å². The van der Waals surface area contributed by atoms with Crippen molar-refractivity contribution in [2.24, 2.45) is 5.73 Å². The molecule has 0 aliphatic rings. The van der Waals surface area contributed by atoms with E-state index in [2.05, 4.69) is 9.97 Å². The number of benzene rings is 2. The number of aryl methyl sites for hydroxylation is 2. The lowest BCUT2D eigenvalue weighted by atomic mass is 10.00. The maximum Gasteiger partial charge on any atom is 0.307 e. The number of hydrogen-bond acceptors (Lipinski definition) is 4. The first-order chi connectivity index (χ1) is 13.7. The molecule has 2 aromatic carbocycles. The molecule has 1 aromatic heterocycles. The summed E-state index contributed by atoms with van der Waals surface area (Å²) in [7, 11) is 0. The maximum absolute atomic E-state index is 11.6. The van der Waals surface area contributed by atoms with Gasteiger partial charge in [0.2, 0.25) is 0 Å². The molecule has 1 heterocycles. The number of aromatic nitrogens is 2. The van der Waals surface area contributed by atoms with Crippen molar-refractivity contribution in [1.29, 1.82) is 0 Å². The van der Waals surface area contributed by atoms with Crippen LogP contribution in [0.2, 0.25) is 10.0 Å².